The lowest BCUT2D eigenvalue weighted by atomic mass is 9.89. The highest BCUT2D eigenvalue weighted by Crippen LogP contribution is 2.48. The average molecular weight is 364 g/mol. The van der Waals surface area contributed by atoms with E-state index in [-0.39, 0.29) is 28.1 Å². The van der Waals surface area contributed by atoms with E-state index in [0.717, 1.165) is 18.9 Å². The van der Waals surface area contributed by atoms with Crippen molar-refractivity contribution in [2.24, 2.45) is 5.92 Å². The standard InChI is InChI=1S/C15H10Cl2F3NO2/c16-7-9-5-12-10(6-11(9)17)14(15(18,19)20,23-13(22)21-12)4-3-8-1-2-8/h5-6,8H,1-2,7H2,(H,21,22)/t14-/m0/s1. The first-order valence-electron chi connectivity index (χ1n) is 6.75. The molecule has 122 valence electrons. The number of benzene rings is 1. The van der Waals surface area contributed by atoms with E-state index < -0.39 is 17.9 Å². The lowest BCUT2D eigenvalue weighted by Gasteiger charge is -2.36. The van der Waals surface area contributed by atoms with Crippen LogP contribution in [0.1, 0.15) is 24.0 Å². The number of ether oxygens (including phenoxy) is 1. The molecule has 1 fully saturated rings. The topological polar surface area (TPSA) is 38.3 Å². The maximum Gasteiger partial charge on any atom is 0.445 e. The fourth-order valence-corrected chi connectivity index (χ4v) is 2.77. The van der Waals surface area contributed by atoms with Gasteiger partial charge in [0.25, 0.3) is 5.60 Å². The van der Waals surface area contributed by atoms with Crippen molar-refractivity contribution in [2.45, 2.75) is 30.5 Å². The van der Waals surface area contributed by atoms with Gasteiger partial charge in [-0.1, -0.05) is 17.5 Å². The number of carbonyl (C=O) groups is 1. The van der Waals surface area contributed by atoms with Gasteiger partial charge in [-0.3, -0.25) is 5.32 Å². The van der Waals surface area contributed by atoms with Crippen molar-refractivity contribution in [1.82, 2.24) is 0 Å². The van der Waals surface area contributed by atoms with Crippen LogP contribution in [0.2, 0.25) is 5.02 Å². The summed E-state index contributed by atoms with van der Waals surface area (Å²) in [5.74, 6) is 4.58. The lowest BCUT2D eigenvalue weighted by molar-refractivity contribution is -0.239. The Bertz CT molecular complexity index is 735. The van der Waals surface area contributed by atoms with Gasteiger partial charge in [-0.05, 0) is 36.5 Å². The normalized spacial score (nSPS) is 23.3. The highest BCUT2D eigenvalue weighted by atomic mass is 35.5. The highest BCUT2D eigenvalue weighted by Gasteiger charge is 2.62. The van der Waals surface area contributed by atoms with Gasteiger partial charge in [0.15, 0.2) is 0 Å². The van der Waals surface area contributed by atoms with Crippen molar-refractivity contribution >= 4 is 35.0 Å². The number of cyclic esters (lactones) is 1. The molecule has 0 spiro atoms. The van der Waals surface area contributed by atoms with Crippen LogP contribution in [0.15, 0.2) is 12.1 Å². The summed E-state index contributed by atoms with van der Waals surface area (Å²) in [5.41, 5.74) is -3.01. The van der Waals surface area contributed by atoms with Crippen molar-refractivity contribution < 1.29 is 22.7 Å². The highest BCUT2D eigenvalue weighted by molar-refractivity contribution is 6.32. The summed E-state index contributed by atoms with van der Waals surface area (Å²) in [4.78, 5) is 11.7. The molecule has 1 aliphatic carbocycles. The molecule has 1 atom stereocenters. The molecule has 1 amide bonds. The van der Waals surface area contributed by atoms with Gasteiger partial charge in [-0.15, -0.1) is 11.6 Å². The van der Waals surface area contributed by atoms with Crippen molar-refractivity contribution in [1.29, 1.82) is 0 Å². The smallest absolute Gasteiger partial charge is 0.415 e. The zero-order valence-electron chi connectivity index (χ0n) is 11.6. The Kier molecular flexibility index (Phi) is 3.89. The zero-order chi connectivity index (χ0) is 16.8. The first-order valence-corrected chi connectivity index (χ1v) is 7.66. The fourth-order valence-electron chi connectivity index (χ4n) is 2.25. The Balaban J connectivity index is 2.23. The van der Waals surface area contributed by atoms with Crippen molar-refractivity contribution in [3.8, 4) is 11.8 Å². The molecule has 0 unspecified atom stereocenters. The van der Waals surface area contributed by atoms with Gasteiger partial charge in [0.1, 0.15) is 0 Å². The number of halogens is 5. The third kappa shape index (κ3) is 2.84. The van der Waals surface area contributed by atoms with E-state index in [1.807, 2.05) is 0 Å². The van der Waals surface area contributed by atoms with E-state index in [0.29, 0.717) is 5.56 Å². The van der Waals surface area contributed by atoms with E-state index >= 15 is 0 Å². The summed E-state index contributed by atoms with van der Waals surface area (Å²) in [6, 6.07) is 2.41. The third-order valence-corrected chi connectivity index (χ3v) is 4.26. The number of alkyl halides is 4. The van der Waals surface area contributed by atoms with E-state index in [4.69, 9.17) is 23.2 Å². The molecule has 1 heterocycles. The zero-order valence-corrected chi connectivity index (χ0v) is 13.1. The SMILES string of the molecule is O=C1Nc2cc(CCl)c(Cl)cc2[C@@](C#CC2CC2)(C(F)(F)F)O1. The minimum absolute atomic E-state index is 0.00435. The molecule has 1 aromatic rings. The Morgan fingerprint density at radius 3 is 2.65 bits per heavy atom. The van der Waals surface area contributed by atoms with Crippen LogP contribution < -0.4 is 5.32 Å². The second-order valence-corrected chi connectivity index (χ2v) is 6.03. The molecule has 3 nitrogen and oxygen atoms in total. The Morgan fingerprint density at radius 2 is 2.09 bits per heavy atom. The second kappa shape index (κ2) is 5.50. The largest absolute Gasteiger partial charge is 0.445 e. The number of amides is 1. The van der Waals surface area contributed by atoms with Crippen molar-refractivity contribution in [2.75, 3.05) is 5.32 Å². The maximum absolute atomic E-state index is 13.8. The molecule has 1 aliphatic heterocycles. The van der Waals surface area contributed by atoms with Gasteiger partial charge in [0, 0.05) is 22.4 Å². The van der Waals surface area contributed by atoms with Crippen LogP contribution in [0.4, 0.5) is 23.7 Å². The van der Waals surface area contributed by atoms with Crippen LogP contribution in [0.5, 0.6) is 0 Å². The Hall–Kier alpha value is -1.58. The summed E-state index contributed by atoms with van der Waals surface area (Å²) in [5, 5.41) is 2.30. The predicted octanol–water partition coefficient (Wildman–Crippen LogP) is 4.81. The molecule has 1 N–H and O–H groups in total. The molecular formula is C15H10Cl2F3NO2. The quantitative estimate of drug-likeness (QED) is 0.574. The Morgan fingerprint density at radius 1 is 1.39 bits per heavy atom. The first-order chi connectivity index (χ1) is 10.8. The fraction of sp³-hybridized carbons (Fsp3) is 0.400. The summed E-state index contributed by atoms with van der Waals surface area (Å²) in [7, 11) is 0. The number of hydrogen-bond acceptors (Lipinski definition) is 2. The van der Waals surface area contributed by atoms with Crippen molar-refractivity contribution in [3.63, 3.8) is 0 Å². The number of carbonyl (C=O) groups excluding carboxylic acids is 1. The van der Waals surface area contributed by atoms with E-state index in [1.54, 1.807) is 0 Å². The third-order valence-electron chi connectivity index (χ3n) is 3.62. The first kappa shape index (κ1) is 16.3. The monoisotopic (exact) mass is 363 g/mol. The van der Waals surface area contributed by atoms with Crippen LogP contribution in [-0.4, -0.2) is 12.3 Å². The molecule has 1 aromatic carbocycles. The number of rotatable bonds is 1. The van der Waals surface area contributed by atoms with E-state index in [9.17, 15) is 18.0 Å². The summed E-state index contributed by atoms with van der Waals surface area (Å²) >= 11 is 11.7. The van der Waals surface area contributed by atoms with Gasteiger partial charge in [0.05, 0.1) is 5.69 Å². The predicted molar refractivity (Wildman–Crippen MR) is 79.3 cm³/mol. The van der Waals surface area contributed by atoms with Crippen LogP contribution in [0, 0.1) is 17.8 Å². The molecule has 0 aromatic heterocycles. The minimum atomic E-state index is -4.91. The van der Waals surface area contributed by atoms with Crippen LogP contribution in [0.25, 0.3) is 0 Å². The summed E-state index contributed by atoms with van der Waals surface area (Å²) in [6.07, 6.45) is -4.65. The average Bonchev–Trinajstić information content (AvgIpc) is 3.27. The second-order valence-electron chi connectivity index (χ2n) is 5.36. The van der Waals surface area contributed by atoms with Gasteiger partial charge in [0.2, 0.25) is 0 Å². The molecule has 2 aliphatic rings. The molecule has 23 heavy (non-hydrogen) atoms. The molecule has 0 saturated heterocycles. The number of nitrogens with one attached hydrogen (secondary N) is 1. The molecular weight excluding hydrogens is 354 g/mol. The number of hydrogen-bond donors (Lipinski definition) is 1. The van der Waals surface area contributed by atoms with Crippen LogP contribution >= 0.6 is 23.2 Å². The Labute approximate surface area is 140 Å². The molecule has 8 heteroatoms. The summed E-state index contributed by atoms with van der Waals surface area (Å²) < 4.78 is 45.9. The van der Waals surface area contributed by atoms with E-state index in [2.05, 4.69) is 21.9 Å². The van der Waals surface area contributed by atoms with Gasteiger partial charge in [-0.2, -0.15) is 13.2 Å². The molecule has 0 radical (unpaired) electrons. The van der Waals surface area contributed by atoms with E-state index in [1.165, 1.54) is 6.07 Å². The molecule has 1 saturated carbocycles. The van der Waals surface area contributed by atoms with Crippen LogP contribution in [0.3, 0.4) is 0 Å². The molecule has 0 bridgehead atoms. The van der Waals surface area contributed by atoms with Gasteiger partial charge in [-0.25, -0.2) is 4.79 Å². The van der Waals surface area contributed by atoms with Gasteiger partial charge < -0.3 is 4.74 Å². The van der Waals surface area contributed by atoms with Gasteiger partial charge >= 0.3 is 12.3 Å². The lowest BCUT2D eigenvalue weighted by Crippen LogP contribution is -2.49. The minimum Gasteiger partial charge on any atom is -0.415 e. The van der Waals surface area contributed by atoms with Crippen LogP contribution in [-0.2, 0) is 16.2 Å². The number of anilines is 1. The molecule has 3 rings (SSSR count). The number of fused-ring (bicyclic) bond motifs is 1. The van der Waals surface area contributed by atoms with Crippen molar-refractivity contribution in [3.05, 3.63) is 28.3 Å². The maximum atomic E-state index is 13.8. The summed E-state index contributed by atoms with van der Waals surface area (Å²) in [6.45, 7) is 0.